The van der Waals surface area contributed by atoms with Crippen molar-refractivity contribution >= 4 is 16.0 Å². The van der Waals surface area contributed by atoms with Gasteiger partial charge < -0.3 is 4.74 Å². The van der Waals surface area contributed by atoms with Crippen LogP contribution < -0.4 is 0 Å². The van der Waals surface area contributed by atoms with Gasteiger partial charge in [0.25, 0.3) is 0 Å². The quantitative estimate of drug-likeness (QED) is 0.362. The number of hydrogen-bond acceptors (Lipinski definition) is 4. The van der Waals surface area contributed by atoms with Gasteiger partial charge in [-0.2, -0.15) is 4.31 Å². The molecule has 164 valence electrons. The van der Waals surface area contributed by atoms with Gasteiger partial charge in [-0.05, 0) is 57.5 Å². The number of ether oxygens (including phenoxy) is 1. The number of benzene rings is 2. The lowest BCUT2D eigenvalue weighted by Crippen LogP contribution is -2.38. The van der Waals surface area contributed by atoms with Gasteiger partial charge in [-0.3, -0.25) is 0 Å². The first-order valence-electron chi connectivity index (χ1n) is 9.56. The maximum absolute atomic E-state index is 13.5. The van der Waals surface area contributed by atoms with E-state index in [2.05, 4.69) is 12.5 Å². The summed E-state index contributed by atoms with van der Waals surface area (Å²) in [7, 11) is -4.13. The maximum atomic E-state index is 13.5. The zero-order valence-corrected chi connectivity index (χ0v) is 18.9. The van der Waals surface area contributed by atoms with E-state index >= 15 is 0 Å². The summed E-state index contributed by atoms with van der Waals surface area (Å²) in [6.45, 7) is 10.4. The molecule has 7 heteroatoms. The van der Waals surface area contributed by atoms with Crippen LogP contribution in [0.15, 0.2) is 65.6 Å². The second-order valence-corrected chi connectivity index (χ2v) is 9.94. The number of hydrogen-bond donors (Lipinski definition) is 0. The smallest absolute Gasteiger partial charge is 0.335 e. The molecular weight excluding hydrogens is 417 g/mol. The molecule has 2 aromatic rings. The second-order valence-electron chi connectivity index (χ2n) is 8.05. The first-order chi connectivity index (χ1) is 14.4. The first-order valence-corrected chi connectivity index (χ1v) is 11.0. The number of rotatable bonds is 7. The van der Waals surface area contributed by atoms with Gasteiger partial charge in [0.05, 0.1) is 23.1 Å². The number of halogens is 1. The number of nitrogens with zero attached hydrogens (tertiary/aromatic N) is 1. The minimum absolute atomic E-state index is 0.0115. The lowest BCUT2D eigenvalue weighted by molar-refractivity contribution is -0.150. The Kier molecular flexibility index (Phi) is 7.42. The van der Waals surface area contributed by atoms with Crippen LogP contribution in [0.4, 0.5) is 4.39 Å². The second kappa shape index (κ2) is 9.46. The summed E-state index contributed by atoms with van der Waals surface area (Å²) < 4.78 is 46.9. The average molecular weight is 444 g/mol. The number of sulfonamides is 1. The van der Waals surface area contributed by atoms with E-state index in [-0.39, 0.29) is 17.0 Å². The molecule has 0 spiro atoms. The van der Waals surface area contributed by atoms with Crippen molar-refractivity contribution in [1.29, 1.82) is 0 Å². The van der Waals surface area contributed by atoms with E-state index < -0.39 is 33.5 Å². The van der Waals surface area contributed by atoms with Crippen molar-refractivity contribution in [1.82, 2.24) is 4.31 Å². The third-order valence-corrected chi connectivity index (χ3v) is 6.16. The minimum Gasteiger partial charge on any atom is -0.457 e. The van der Waals surface area contributed by atoms with Crippen molar-refractivity contribution in [3.05, 3.63) is 77.6 Å². The fourth-order valence-electron chi connectivity index (χ4n) is 2.89. The van der Waals surface area contributed by atoms with Crippen molar-refractivity contribution in [3.8, 4) is 12.3 Å². The Morgan fingerprint density at radius 1 is 1.16 bits per heavy atom. The van der Waals surface area contributed by atoms with E-state index in [9.17, 15) is 17.6 Å². The van der Waals surface area contributed by atoms with E-state index in [1.807, 2.05) is 6.92 Å². The standard InChI is InChI=1S/C24H26FNO4S/c1-7-16-26(31(28,29)21-14-8-17(2)9-15-21)22(19-10-12-20(25)13-11-19)18(3)23(27)30-24(4,5)6/h1,8-15,22H,3,16H2,2,4-6H3. The van der Waals surface area contributed by atoms with Gasteiger partial charge in [-0.1, -0.05) is 42.3 Å². The van der Waals surface area contributed by atoms with E-state index in [1.54, 1.807) is 32.9 Å². The summed E-state index contributed by atoms with van der Waals surface area (Å²) >= 11 is 0. The van der Waals surface area contributed by atoms with Gasteiger partial charge in [-0.15, -0.1) is 6.42 Å². The highest BCUT2D eigenvalue weighted by Gasteiger charge is 2.37. The van der Waals surface area contributed by atoms with Crippen LogP contribution in [0.25, 0.3) is 0 Å². The van der Waals surface area contributed by atoms with Crippen LogP contribution in [-0.4, -0.2) is 30.8 Å². The topological polar surface area (TPSA) is 63.7 Å². The van der Waals surface area contributed by atoms with E-state index in [4.69, 9.17) is 11.2 Å². The number of carbonyl (C=O) groups is 1. The van der Waals surface area contributed by atoms with Crippen molar-refractivity contribution in [2.45, 2.75) is 44.2 Å². The van der Waals surface area contributed by atoms with E-state index in [1.165, 1.54) is 36.4 Å². The molecular formula is C24H26FNO4S. The highest BCUT2D eigenvalue weighted by molar-refractivity contribution is 7.89. The lowest BCUT2D eigenvalue weighted by Gasteiger charge is -2.31. The SMILES string of the molecule is C#CCN(C(C(=C)C(=O)OC(C)(C)C)c1ccc(F)cc1)S(=O)(=O)c1ccc(C)cc1. The van der Waals surface area contributed by atoms with E-state index in [0.29, 0.717) is 5.56 Å². The van der Waals surface area contributed by atoms with Crippen LogP contribution in [-0.2, 0) is 19.6 Å². The summed E-state index contributed by atoms with van der Waals surface area (Å²) in [5, 5.41) is 0. The molecule has 0 heterocycles. The molecule has 31 heavy (non-hydrogen) atoms. The first kappa shape index (κ1) is 24.3. The average Bonchev–Trinajstić information content (AvgIpc) is 2.67. The molecule has 5 nitrogen and oxygen atoms in total. The molecule has 0 fully saturated rings. The molecule has 0 saturated carbocycles. The third kappa shape index (κ3) is 6.03. The van der Waals surface area contributed by atoms with Crippen LogP contribution in [0.1, 0.15) is 37.9 Å². The normalized spacial score (nSPS) is 12.8. The molecule has 2 aromatic carbocycles. The molecule has 0 aliphatic rings. The van der Waals surface area contributed by atoms with Gasteiger partial charge >= 0.3 is 5.97 Å². The predicted octanol–water partition coefficient (Wildman–Crippen LogP) is 4.40. The molecule has 0 saturated heterocycles. The molecule has 0 aliphatic carbocycles. The van der Waals surface area contributed by atoms with Gasteiger partial charge in [0, 0.05) is 0 Å². The monoisotopic (exact) mass is 443 g/mol. The molecule has 0 aliphatic heterocycles. The Hall–Kier alpha value is -2.95. The molecule has 1 unspecified atom stereocenters. The van der Waals surface area contributed by atoms with Crippen LogP contribution >= 0.6 is 0 Å². The van der Waals surface area contributed by atoms with Gasteiger partial charge in [0.1, 0.15) is 11.4 Å². The zero-order chi connectivity index (χ0) is 23.4. The Balaban J connectivity index is 2.64. The van der Waals surface area contributed by atoms with Gasteiger partial charge in [0.15, 0.2) is 0 Å². The van der Waals surface area contributed by atoms with Crippen LogP contribution in [0, 0.1) is 25.1 Å². The summed E-state index contributed by atoms with van der Waals surface area (Å²) in [4.78, 5) is 12.8. The van der Waals surface area contributed by atoms with Crippen molar-refractivity contribution < 1.29 is 22.3 Å². The van der Waals surface area contributed by atoms with Gasteiger partial charge in [0.2, 0.25) is 10.0 Å². The largest absolute Gasteiger partial charge is 0.457 e. The summed E-state index contributed by atoms with van der Waals surface area (Å²) in [6.07, 6.45) is 5.48. The number of terminal acetylenes is 1. The molecule has 0 aromatic heterocycles. The molecule has 2 rings (SSSR count). The fraction of sp³-hybridized carbons (Fsp3) is 0.292. The third-order valence-electron chi connectivity index (χ3n) is 4.34. The van der Waals surface area contributed by atoms with E-state index in [0.717, 1.165) is 9.87 Å². The summed E-state index contributed by atoms with van der Waals surface area (Å²) in [5.41, 5.74) is 0.270. The van der Waals surface area contributed by atoms with Crippen molar-refractivity contribution in [2.24, 2.45) is 0 Å². The number of esters is 1. The van der Waals surface area contributed by atoms with Crippen LogP contribution in [0.2, 0.25) is 0 Å². The molecule has 0 N–H and O–H groups in total. The molecule has 0 bridgehead atoms. The number of carbonyl (C=O) groups excluding carboxylic acids is 1. The summed E-state index contributed by atoms with van der Waals surface area (Å²) in [5.74, 6) is 1.06. The molecule has 0 amide bonds. The highest BCUT2D eigenvalue weighted by atomic mass is 32.2. The van der Waals surface area contributed by atoms with Gasteiger partial charge in [-0.25, -0.2) is 17.6 Å². The van der Waals surface area contributed by atoms with Crippen molar-refractivity contribution in [3.63, 3.8) is 0 Å². The fourth-order valence-corrected chi connectivity index (χ4v) is 4.41. The minimum atomic E-state index is -4.13. The molecule has 1 atom stereocenters. The predicted molar refractivity (Wildman–Crippen MR) is 118 cm³/mol. The Labute approximate surface area is 183 Å². The maximum Gasteiger partial charge on any atom is 0.335 e. The molecule has 0 radical (unpaired) electrons. The van der Waals surface area contributed by atoms with Crippen LogP contribution in [0.3, 0.4) is 0 Å². The van der Waals surface area contributed by atoms with Crippen LogP contribution in [0.5, 0.6) is 0 Å². The highest BCUT2D eigenvalue weighted by Crippen LogP contribution is 2.34. The zero-order valence-electron chi connectivity index (χ0n) is 18.1. The summed E-state index contributed by atoms with van der Waals surface area (Å²) in [6, 6.07) is 10.2. The number of aryl methyl sites for hydroxylation is 1. The Bertz CT molecular complexity index is 1090. The van der Waals surface area contributed by atoms with Crippen molar-refractivity contribution in [2.75, 3.05) is 6.54 Å². The Morgan fingerprint density at radius 3 is 2.19 bits per heavy atom. The lowest BCUT2D eigenvalue weighted by atomic mass is 9.99. The Morgan fingerprint density at radius 2 is 1.71 bits per heavy atom.